The Hall–Kier alpha value is -2.98. The van der Waals surface area contributed by atoms with Crippen molar-refractivity contribution in [2.45, 2.75) is 24.9 Å². The van der Waals surface area contributed by atoms with Gasteiger partial charge < -0.3 is 10.6 Å². The summed E-state index contributed by atoms with van der Waals surface area (Å²) in [5, 5.41) is 6.33. The van der Waals surface area contributed by atoms with Gasteiger partial charge in [0.15, 0.2) is 0 Å². The van der Waals surface area contributed by atoms with Crippen LogP contribution in [0.25, 0.3) is 0 Å². The van der Waals surface area contributed by atoms with Crippen molar-refractivity contribution in [2.75, 3.05) is 5.32 Å². The number of halogens is 1. The van der Waals surface area contributed by atoms with Crippen molar-refractivity contribution in [3.63, 3.8) is 0 Å². The van der Waals surface area contributed by atoms with Crippen molar-refractivity contribution in [3.05, 3.63) is 101 Å². The molecule has 0 spiro atoms. The van der Waals surface area contributed by atoms with E-state index in [0.29, 0.717) is 29.6 Å². The fourth-order valence-corrected chi connectivity index (χ4v) is 3.28. The van der Waals surface area contributed by atoms with Gasteiger partial charge in [0.2, 0.25) is 0 Å². The molecule has 4 heteroatoms. The molecule has 0 radical (unpaired) electrons. The maximum absolute atomic E-state index is 13.7. The Morgan fingerprint density at radius 1 is 0.926 bits per heavy atom. The molecule has 3 aromatic rings. The summed E-state index contributed by atoms with van der Waals surface area (Å²) in [5.74, 6) is 0.163. The minimum atomic E-state index is -0.166. The van der Waals surface area contributed by atoms with E-state index in [-0.39, 0.29) is 11.7 Å². The third-order valence-corrected chi connectivity index (χ3v) is 4.94. The first-order chi connectivity index (χ1) is 13.2. The van der Waals surface area contributed by atoms with Gasteiger partial charge >= 0.3 is 0 Å². The van der Waals surface area contributed by atoms with Gasteiger partial charge in [-0.15, -0.1) is 0 Å². The summed E-state index contributed by atoms with van der Waals surface area (Å²) in [7, 11) is 0. The van der Waals surface area contributed by atoms with Gasteiger partial charge in [-0.05, 0) is 42.3 Å². The Morgan fingerprint density at radius 3 is 2.37 bits per heavy atom. The molecule has 4 rings (SSSR count). The van der Waals surface area contributed by atoms with Gasteiger partial charge in [0.25, 0.3) is 5.91 Å². The zero-order chi connectivity index (χ0) is 18.6. The van der Waals surface area contributed by atoms with Crippen molar-refractivity contribution in [1.29, 1.82) is 0 Å². The number of benzene rings is 3. The van der Waals surface area contributed by atoms with E-state index in [2.05, 4.69) is 22.8 Å². The molecule has 27 heavy (non-hydrogen) atoms. The third-order valence-electron chi connectivity index (χ3n) is 4.94. The molecule has 1 saturated carbocycles. The van der Waals surface area contributed by atoms with Crippen LogP contribution in [0.2, 0.25) is 0 Å². The number of rotatable bonds is 6. The Morgan fingerprint density at radius 2 is 1.63 bits per heavy atom. The van der Waals surface area contributed by atoms with E-state index < -0.39 is 0 Å². The maximum atomic E-state index is 13.7. The second kappa shape index (κ2) is 7.72. The molecule has 1 aliphatic rings. The van der Waals surface area contributed by atoms with Crippen LogP contribution in [0, 0.1) is 5.82 Å². The molecule has 136 valence electrons. The molecule has 2 N–H and O–H groups in total. The van der Waals surface area contributed by atoms with Crippen molar-refractivity contribution >= 4 is 11.6 Å². The summed E-state index contributed by atoms with van der Waals surface area (Å²) in [6, 6.07) is 24.4. The van der Waals surface area contributed by atoms with Gasteiger partial charge in [-0.3, -0.25) is 4.79 Å². The standard InChI is InChI=1S/C23H21FN2O/c24-21-9-5-4-8-18(21)15-25-22-14-20(22)16-10-12-19(13-11-16)26-23(27)17-6-2-1-3-7-17/h1-13,20,22,25H,14-15H2,(H,26,27). The lowest BCUT2D eigenvalue weighted by atomic mass is 10.1. The van der Waals surface area contributed by atoms with Gasteiger partial charge in [-0.25, -0.2) is 4.39 Å². The smallest absolute Gasteiger partial charge is 0.255 e. The average molecular weight is 360 g/mol. The van der Waals surface area contributed by atoms with Gasteiger partial charge in [0.1, 0.15) is 5.82 Å². The third kappa shape index (κ3) is 4.23. The summed E-state index contributed by atoms with van der Waals surface area (Å²) >= 11 is 0. The number of hydrogen-bond donors (Lipinski definition) is 2. The molecule has 3 nitrogen and oxygen atoms in total. The maximum Gasteiger partial charge on any atom is 0.255 e. The van der Waals surface area contributed by atoms with E-state index in [0.717, 1.165) is 12.1 Å². The number of nitrogens with one attached hydrogen (secondary N) is 2. The second-order valence-corrected chi connectivity index (χ2v) is 6.86. The van der Waals surface area contributed by atoms with Crippen LogP contribution in [0.4, 0.5) is 10.1 Å². The number of hydrogen-bond acceptors (Lipinski definition) is 2. The van der Waals surface area contributed by atoms with E-state index in [1.165, 1.54) is 11.6 Å². The highest BCUT2D eigenvalue weighted by molar-refractivity contribution is 6.04. The molecule has 2 atom stereocenters. The van der Waals surface area contributed by atoms with E-state index in [1.807, 2.05) is 42.5 Å². The predicted molar refractivity (Wildman–Crippen MR) is 105 cm³/mol. The quantitative estimate of drug-likeness (QED) is 0.668. The second-order valence-electron chi connectivity index (χ2n) is 6.86. The van der Waals surface area contributed by atoms with Gasteiger partial charge in [0.05, 0.1) is 0 Å². The van der Waals surface area contributed by atoms with Crippen molar-refractivity contribution in [1.82, 2.24) is 5.32 Å². The Bertz CT molecular complexity index is 925. The van der Waals surface area contributed by atoms with Gasteiger partial charge in [-0.1, -0.05) is 48.5 Å². The van der Waals surface area contributed by atoms with E-state index in [1.54, 1.807) is 18.2 Å². The first-order valence-corrected chi connectivity index (χ1v) is 9.14. The number of anilines is 1. The van der Waals surface area contributed by atoms with Gasteiger partial charge in [0, 0.05) is 35.3 Å². The van der Waals surface area contributed by atoms with Crippen LogP contribution < -0.4 is 10.6 Å². The molecule has 3 aromatic carbocycles. The number of amides is 1. The lowest BCUT2D eigenvalue weighted by Gasteiger charge is -2.08. The summed E-state index contributed by atoms with van der Waals surface area (Å²) < 4.78 is 13.7. The first kappa shape index (κ1) is 17.4. The molecule has 2 unspecified atom stereocenters. The fraction of sp³-hybridized carbons (Fsp3) is 0.174. The van der Waals surface area contributed by atoms with Crippen LogP contribution in [0.1, 0.15) is 33.8 Å². The Kier molecular flexibility index (Phi) is 4.99. The normalized spacial score (nSPS) is 18.1. The van der Waals surface area contributed by atoms with E-state index in [9.17, 15) is 9.18 Å². The van der Waals surface area contributed by atoms with Crippen molar-refractivity contribution in [3.8, 4) is 0 Å². The van der Waals surface area contributed by atoms with Crippen LogP contribution in [0.3, 0.4) is 0 Å². The zero-order valence-corrected chi connectivity index (χ0v) is 14.9. The molecular weight excluding hydrogens is 339 g/mol. The van der Waals surface area contributed by atoms with E-state index in [4.69, 9.17) is 0 Å². The SMILES string of the molecule is O=C(Nc1ccc(C2CC2NCc2ccccc2F)cc1)c1ccccc1. The first-order valence-electron chi connectivity index (χ1n) is 9.14. The molecule has 0 aliphatic heterocycles. The summed E-state index contributed by atoms with van der Waals surface area (Å²) in [6.07, 6.45) is 1.05. The largest absolute Gasteiger partial charge is 0.322 e. The lowest BCUT2D eigenvalue weighted by Crippen LogP contribution is -2.18. The molecule has 1 aliphatic carbocycles. The van der Waals surface area contributed by atoms with Crippen molar-refractivity contribution < 1.29 is 9.18 Å². The average Bonchev–Trinajstić information content (AvgIpc) is 3.48. The zero-order valence-electron chi connectivity index (χ0n) is 14.9. The topological polar surface area (TPSA) is 41.1 Å². The van der Waals surface area contributed by atoms with Crippen molar-refractivity contribution in [2.24, 2.45) is 0 Å². The van der Waals surface area contributed by atoms with Crippen LogP contribution in [-0.2, 0) is 6.54 Å². The summed E-state index contributed by atoms with van der Waals surface area (Å²) in [4.78, 5) is 12.2. The van der Waals surface area contributed by atoms with Crippen LogP contribution >= 0.6 is 0 Å². The monoisotopic (exact) mass is 360 g/mol. The van der Waals surface area contributed by atoms with Gasteiger partial charge in [-0.2, -0.15) is 0 Å². The summed E-state index contributed by atoms with van der Waals surface area (Å²) in [5.41, 5.74) is 3.35. The molecular formula is C23H21FN2O. The minimum absolute atomic E-state index is 0.112. The lowest BCUT2D eigenvalue weighted by molar-refractivity contribution is 0.102. The molecule has 1 fully saturated rings. The molecule has 0 bridgehead atoms. The molecule has 0 aromatic heterocycles. The molecule has 0 heterocycles. The highest BCUT2D eigenvalue weighted by Crippen LogP contribution is 2.41. The number of carbonyl (C=O) groups excluding carboxylic acids is 1. The minimum Gasteiger partial charge on any atom is -0.322 e. The highest BCUT2D eigenvalue weighted by atomic mass is 19.1. The predicted octanol–water partition coefficient (Wildman–Crippen LogP) is 4.72. The Labute approximate surface area is 158 Å². The van der Waals surface area contributed by atoms with Crippen LogP contribution in [-0.4, -0.2) is 11.9 Å². The molecule has 1 amide bonds. The Balaban J connectivity index is 1.31. The van der Waals surface area contributed by atoms with Crippen LogP contribution in [0.5, 0.6) is 0 Å². The summed E-state index contributed by atoms with van der Waals surface area (Å²) in [6.45, 7) is 0.541. The number of carbonyl (C=O) groups is 1. The molecule has 0 saturated heterocycles. The fourth-order valence-electron chi connectivity index (χ4n) is 3.28. The van der Waals surface area contributed by atoms with E-state index >= 15 is 0 Å². The van der Waals surface area contributed by atoms with Crippen LogP contribution in [0.15, 0.2) is 78.9 Å². The highest BCUT2D eigenvalue weighted by Gasteiger charge is 2.37.